The van der Waals surface area contributed by atoms with Crippen molar-refractivity contribution in [3.8, 4) is 0 Å². The molecule has 0 aromatic rings. The van der Waals surface area contributed by atoms with Gasteiger partial charge in [-0.3, -0.25) is 4.79 Å². The highest BCUT2D eigenvalue weighted by Gasteiger charge is 2.42. The van der Waals surface area contributed by atoms with Crippen LogP contribution in [0.1, 0.15) is 71.1 Å². The Hall–Kier alpha value is -0.770. The summed E-state index contributed by atoms with van der Waals surface area (Å²) in [7, 11) is 1.45. The molecular weight excluding hydrogens is 356 g/mol. The van der Waals surface area contributed by atoms with Crippen molar-refractivity contribution in [1.29, 1.82) is 0 Å². The second-order valence-electron chi connectivity index (χ2n) is 6.87. The molecule has 162 valence electrons. The molecule has 1 saturated heterocycles. The van der Waals surface area contributed by atoms with Crippen LogP contribution in [0, 0.1) is 0 Å². The van der Waals surface area contributed by atoms with E-state index in [1.165, 1.54) is 58.5 Å². The van der Waals surface area contributed by atoms with Gasteiger partial charge in [-0.2, -0.15) is 0 Å². The van der Waals surface area contributed by atoms with Gasteiger partial charge in [-0.1, -0.05) is 58.3 Å². The Kier molecular flexibility index (Phi) is 15.7. The fourth-order valence-electron chi connectivity index (χ4n) is 2.76. The zero-order valence-corrected chi connectivity index (χ0v) is 16.6. The Morgan fingerprint density at radius 2 is 1.37 bits per heavy atom. The molecule has 27 heavy (non-hydrogen) atoms. The van der Waals surface area contributed by atoms with Crippen LogP contribution in [-0.2, 0) is 14.3 Å². The molecule has 8 heteroatoms. The van der Waals surface area contributed by atoms with Crippen LogP contribution in [0.4, 0.5) is 0 Å². The van der Waals surface area contributed by atoms with E-state index < -0.39 is 37.3 Å². The maximum Gasteiger partial charge on any atom is 0.305 e. The highest BCUT2D eigenvalue weighted by atomic mass is 16.6. The van der Waals surface area contributed by atoms with Gasteiger partial charge < -0.3 is 35.0 Å². The number of aliphatic hydroxyl groups excluding tert-OH is 5. The van der Waals surface area contributed by atoms with Crippen molar-refractivity contribution in [3.63, 3.8) is 0 Å². The van der Waals surface area contributed by atoms with Crippen LogP contribution >= 0.6 is 0 Å². The predicted octanol–water partition coefficient (Wildman–Crippen LogP) is 0.859. The summed E-state index contributed by atoms with van der Waals surface area (Å²) in [6.07, 6.45) is 5.12. The lowest BCUT2D eigenvalue weighted by atomic mass is 10.00. The van der Waals surface area contributed by atoms with Gasteiger partial charge in [0.25, 0.3) is 0 Å². The first-order valence-corrected chi connectivity index (χ1v) is 9.94. The lowest BCUT2D eigenvalue weighted by Gasteiger charge is -2.37. The van der Waals surface area contributed by atoms with Crippen LogP contribution in [-0.4, -0.2) is 75.9 Å². The molecule has 0 aromatic heterocycles. The first-order valence-electron chi connectivity index (χ1n) is 9.94. The van der Waals surface area contributed by atoms with E-state index in [0.717, 1.165) is 6.42 Å². The number of esters is 1. The largest absolute Gasteiger partial charge is 0.469 e. The van der Waals surface area contributed by atoms with Gasteiger partial charge in [-0.05, 0) is 6.42 Å². The van der Waals surface area contributed by atoms with Crippen molar-refractivity contribution in [1.82, 2.24) is 0 Å². The average molecular weight is 395 g/mol. The van der Waals surface area contributed by atoms with Crippen molar-refractivity contribution >= 4 is 5.97 Å². The lowest BCUT2D eigenvalue weighted by Crippen LogP contribution is -2.58. The summed E-state index contributed by atoms with van der Waals surface area (Å²) in [5, 5.41) is 44.7. The Labute approximate surface area is 162 Å². The van der Waals surface area contributed by atoms with Crippen LogP contribution in [0.5, 0.6) is 0 Å². The maximum absolute atomic E-state index is 10.8. The molecule has 0 unspecified atom stereocenters. The van der Waals surface area contributed by atoms with E-state index in [1.807, 2.05) is 0 Å². The Balaban J connectivity index is 0.000000511. The molecule has 1 heterocycles. The summed E-state index contributed by atoms with van der Waals surface area (Å²) in [6.45, 7) is 1.72. The van der Waals surface area contributed by atoms with Gasteiger partial charge in [-0.25, -0.2) is 0 Å². The molecule has 5 atom stereocenters. The number of carbonyl (C=O) groups is 1. The molecule has 0 bridgehead atoms. The number of carbonyl (C=O) groups excluding carboxylic acids is 1. The van der Waals surface area contributed by atoms with Crippen LogP contribution < -0.4 is 0 Å². The lowest BCUT2D eigenvalue weighted by molar-refractivity contribution is -0.286. The molecule has 0 saturated carbocycles. The van der Waals surface area contributed by atoms with Crippen molar-refractivity contribution in [2.45, 2.75) is 102 Å². The number of ether oxygens (including phenoxy) is 2. The van der Waals surface area contributed by atoms with E-state index in [0.29, 0.717) is 6.42 Å². The molecule has 0 radical (unpaired) electrons. The Bertz CT molecular complexity index is 361. The van der Waals surface area contributed by atoms with Crippen LogP contribution in [0.2, 0.25) is 0 Å². The zero-order chi connectivity index (χ0) is 20.7. The van der Waals surface area contributed by atoms with Gasteiger partial charge >= 0.3 is 5.97 Å². The van der Waals surface area contributed by atoms with Crippen molar-refractivity contribution in [3.05, 3.63) is 0 Å². The molecule has 8 nitrogen and oxygen atoms in total. The number of aliphatic hydroxyl groups is 5. The second-order valence-corrected chi connectivity index (χ2v) is 6.87. The van der Waals surface area contributed by atoms with Crippen molar-refractivity contribution in [2.24, 2.45) is 0 Å². The number of hydrogen-bond acceptors (Lipinski definition) is 8. The van der Waals surface area contributed by atoms with Gasteiger partial charge in [0, 0.05) is 6.42 Å². The van der Waals surface area contributed by atoms with E-state index in [4.69, 9.17) is 25.5 Å². The summed E-state index contributed by atoms with van der Waals surface area (Å²) in [5.74, 6) is -0.0713. The zero-order valence-electron chi connectivity index (χ0n) is 16.6. The smallest absolute Gasteiger partial charge is 0.305 e. The van der Waals surface area contributed by atoms with Crippen LogP contribution in [0.25, 0.3) is 0 Å². The normalized spacial score (nSPS) is 27.6. The number of methoxy groups -OCH3 is 1. The van der Waals surface area contributed by atoms with Gasteiger partial charge in [0.15, 0.2) is 6.29 Å². The summed E-state index contributed by atoms with van der Waals surface area (Å²) in [6, 6.07) is 0. The summed E-state index contributed by atoms with van der Waals surface area (Å²) in [4.78, 5) is 10.8. The highest BCUT2D eigenvalue weighted by molar-refractivity contribution is 5.68. The third-order valence-corrected chi connectivity index (χ3v) is 4.58. The maximum atomic E-state index is 10.8. The average Bonchev–Trinajstić information content (AvgIpc) is 2.68. The molecule has 0 spiro atoms. The van der Waals surface area contributed by atoms with E-state index in [1.54, 1.807) is 0 Å². The van der Waals surface area contributed by atoms with Gasteiger partial charge in [-0.15, -0.1) is 0 Å². The quantitative estimate of drug-likeness (QED) is 0.257. The standard InChI is InChI=1S/C13H26O2.C6H12O6/c1-3-4-5-6-7-8-9-10-11-12-13(14)15-2;7-1-2-3(8)4(9)5(10)6(11)12-2/h3-12H2,1-2H3;2-11H,1H2/t;2-,3-,4+,5-,6+/m.1/s1. The van der Waals surface area contributed by atoms with E-state index >= 15 is 0 Å². The third-order valence-electron chi connectivity index (χ3n) is 4.58. The first kappa shape index (κ1) is 26.2. The summed E-state index contributed by atoms with van der Waals surface area (Å²) >= 11 is 0. The minimum Gasteiger partial charge on any atom is -0.469 e. The number of rotatable bonds is 11. The molecule has 1 fully saturated rings. The molecule has 1 rings (SSSR count). The van der Waals surface area contributed by atoms with Crippen molar-refractivity contribution in [2.75, 3.05) is 13.7 Å². The molecule has 0 amide bonds. The van der Waals surface area contributed by atoms with E-state index in [9.17, 15) is 4.79 Å². The molecular formula is C19H38O8. The van der Waals surface area contributed by atoms with E-state index in [2.05, 4.69) is 16.4 Å². The van der Waals surface area contributed by atoms with Gasteiger partial charge in [0.05, 0.1) is 13.7 Å². The monoisotopic (exact) mass is 394 g/mol. The van der Waals surface area contributed by atoms with E-state index in [-0.39, 0.29) is 5.97 Å². The molecule has 1 aliphatic rings. The van der Waals surface area contributed by atoms with Gasteiger partial charge in [0.1, 0.15) is 24.4 Å². The minimum atomic E-state index is -1.57. The molecule has 1 aliphatic heterocycles. The van der Waals surface area contributed by atoms with Crippen molar-refractivity contribution < 1.29 is 39.8 Å². The molecule has 0 aromatic carbocycles. The number of unbranched alkanes of at least 4 members (excludes halogenated alkanes) is 8. The Morgan fingerprint density at radius 1 is 0.852 bits per heavy atom. The number of hydrogen-bond donors (Lipinski definition) is 5. The molecule has 5 N–H and O–H groups in total. The first-order chi connectivity index (χ1) is 12.9. The topological polar surface area (TPSA) is 137 Å². The second kappa shape index (κ2) is 16.2. The SMILES string of the molecule is CCCCCCCCCCCC(=O)OC.OC[C@H]1O[C@H](O)[C@H](O)[C@@H](O)[C@@H]1O. The minimum absolute atomic E-state index is 0.0713. The summed E-state index contributed by atoms with van der Waals surface area (Å²) in [5.41, 5.74) is 0. The summed E-state index contributed by atoms with van der Waals surface area (Å²) < 4.78 is 9.16. The fourth-order valence-corrected chi connectivity index (χ4v) is 2.76. The van der Waals surface area contributed by atoms with Crippen LogP contribution in [0.15, 0.2) is 0 Å². The van der Waals surface area contributed by atoms with Gasteiger partial charge in [0.2, 0.25) is 0 Å². The molecule has 0 aliphatic carbocycles. The Morgan fingerprint density at radius 3 is 1.85 bits per heavy atom. The third kappa shape index (κ3) is 11.6. The predicted molar refractivity (Wildman–Crippen MR) is 99.8 cm³/mol. The fraction of sp³-hybridized carbons (Fsp3) is 0.947. The van der Waals surface area contributed by atoms with Crippen LogP contribution in [0.3, 0.4) is 0 Å². The highest BCUT2D eigenvalue weighted by Crippen LogP contribution is 2.19.